The van der Waals surface area contributed by atoms with E-state index < -0.39 is 0 Å². The molecule has 0 aromatic carbocycles. The second kappa shape index (κ2) is 5.72. The first-order valence-electron chi connectivity index (χ1n) is 7.00. The quantitative estimate of drug-likeness (QED) is 0.604. The molecule has 112 valence electrons. The molecule has 4 aromatic heterocycles. The first-order valence-corrected chi connectivity index (χ1v) is 7.00. The van der Waals surface area contributed by atoms with Gasteiger partial charge in [-0.3, -0.25) is 10.2 Å². The molecule has 4 heterocycles. The van der Waals surface area contributed by atoms with Crippen LogP contribution in [0.1, 0.15) is 0 Å². The average molecular weight is 304 g/mol. The van der Waals surface area contributed by atoms with Crippen LogP contribution in [0, 0.1) is 0 Å². The summed E-state index contributed by atoms with van der Waals surface area (Å²) in [5, 5.41) is 13.6. The van der Waals surface area contributed by atoms with E-state index in [1.54, 1.807) is 24.5 Å². The van der Waals surface area contributed by atoms with Gasteiger partial charge < -0.3 is 4.74 Å². The predicted molar refractivity (Wildman–Crippen MR) is 83.7 cm³/mol. The van der Waals surface area contributed by atoms with Crippen LogP contribution in [0.5, 0.6) is 11.8 Å². The number of ether oxygens (including phenoxy) is 1. The Hall–Kier alpha value is -3.48. The van der Waals surface area contributed by atoms with Crippen LogP contribution in [0.15, 0.2) is 60.9 Å². The zero-order valence-electron chi connectivity index (χ0n) is 12.0. The maximum atomic E-state index is 5.76. The standard InChI is InChI=1S/C16H12N6O/c1-3-11(13-7-9-17-21-13)19-15(5-1)23-16-6-2-4-12(20-16)14-8-10-18-22-14/h1-10H,(H,17,21)(H,18,22). The van der Waals surface area contributed by atoms with Gasteiger partial charge >= 0.3 is 0 Å². The van der Waals surface area contributed by atoms with Crippen LogP contribution in [0.2, 0.25) is 0 Å². The number of nitrogens with one attached hydrogen (secondary N) is 2. The number of pyridine rings is 2. The van der Waals surface area contributed by atoms with Gasteiger partial charge in [0.1, 0.15) is 0 Å². The van der Waals surface area contributed by atoms with Crippen molar-refractivity contribution < 1.29 is 4.74 Å². The number of rotatable bonds is 4. The molecule has 7 nitrogen and oxygen atoms in total. The van der Waals surface area contributed by atoms with Crippen molar-refractivity contribution in [2.24, 2.45) is 0 Å². The molecule has 0 unspecified atom stereocenters. The predicted octanol–water partition coefficient (Wildman–Crippen LogP) is 3.05. The van der Waals surface area contributed by atoms with E-state index in [0.717, 1.165) is 22.8 Å². The molecule has 0 atom stereocenters. The van der Waals surface area contributed by atoms with Crippen molar-refractivity contribution in [3.8, 4) is 34.5 Å². The Bertz CT molecular complexity index is 826. The summed E-state index contributed by atoms with van der Waals surface area (Å²) in [5.41, 5.74) is 3.17. The highest BCUT2D eigenvalue weighted by atomic mass is 16.5. The minimum atomic E-state index is 0.464. The van der Waals surface area contributed by atoms with E-state index >= 15 is 0 Å². The average Bonchev–Trinajstić information content (AvgIpc) is 3.29. The summed E-state index contributed by atoms with van der Waals surface area (Å²) in [6, 6.07) is 14.8. The molecule has 0 spiro atoms. The number of aromatic amines is 2. The van der Waals surface area contributed by atoms with Crippen LogP contribution in [0.3, 0.4) is 0 Å². The Morgan fingerprint density at radius 3 is 1.61 bits per heavy atom. The molecule has 0 radical (unpaired) electrons. The van der Waals surface area contributed by atoms with E-state index in [9.17, 15) is 0 Å². The van der Waals surface area contributed by atoms with Crippen molar-refractivity contribution in [1.82, 2.24) is 30.4 Å². The first-order chi connectivity index (χ1) is 11.4. The van der Waals surface area contributed by atoms with Crippen molar-refractivity contribution >= 4 is 0 Å². The topological polar surface area (TPSA) is 92.4 Å². The van der Waals surface area contributed by atoms with Crippen LogP contribution >= 0.6 is 0 Å². The lowest BCUT2D eigenvalue weighted by Crippen LogP contribution is -1.93. The van der Waals surface area contributed by atoms with Gasteiger partial charge in [-0.1, -0.05) is 12.1 Å². The van der Waals surface area contributed by atoms with Gasteiger partial charge in [0, 0.05) is 24.5 Å². The highest BCUT2D eigenvalue weighted by molar-refractivity contribution is 5.55. The molecule has 4 rings (SSSR count). The number of H-pyrrole nitrogens is 2. The molecule has 0 amide bonds. The van der Waals surface area contributed by atoms with Crippen molar-refractivity contribution in [2.75, 3.05) is 0 Å². The molecule has 2 N–H and O–H groups in total. The van der Waals surface area contributed by atoms with E-state index in [0.29, 0.717) is 11.8 Å². The van der Waals surface area contributed by atoms with Crippen molar-refractivity contribution in [3.63, 3.8) is 0 Å². The van der Waals surface area contributed by atoms with Crippen LogP contribution in [0.25, 0.3) is 22.8 Å². The van der Waals surface area contributed by atoms with Gasteiger partial charge in [-0.25, -0.2) is 9.97 Å². The Labute approximate surface area is 131 Å². The molecule has 7 heteroatoms. The van der Waals surface area contributed by atoms with Crippen LogP contribution in [0.4, 0.5) is 0 Å². The molecule has 23 heavy (non-hydrogen) atoms. The maximum absolute atomic E-state index is 5.76. The summed E-state index contributed by atoms with van der Waals surface area (Å²) >= 11 is 0. The van der Waals surface area contributed by atoms with Crippen molar-refractivity contribution in [3.05, 3.63) is 60.9 Å². The number of hydrogen-bond donors (Lipinski definition) is 2. The molecule has 0 fully saturated rings. The fourth-order valence-electron chi connectivity index (χ4n) is 2.15. The van der Waals surface area contributed by atoms with Gasteiger partial charge in [-0.2, -0.15) is 10.2 Å². The van der Waals surface area contributed by atoms with E-state index in [4.69, 9.17) is 4.74 Å². The van der Waals surface area contributed by atoms with Crippen LogP contribution in [-0.2, 0) is 0 Å². The fourth-order valence-corrected chi connectivity index (χ4v) is 2.15. The molecule has 0 aliphatic carbocycles. The summed E-state index contributed by atoms with van der Waals surface area (Å²) in [4.78, 5) is 8.90. The zero-order chi connectivity index (χ0) is 15.5. The van der Waals surface area contributed by atoms with Crippen LogP contribution in [-0.4, -0.2) is 30.4 Å². The van der Waals surface area contributed by atoms with E-state index in [2.05, 4.69) is 30.4 Å². The monoisotopic (exact) mass is 304 g/mol. The van der Waals surface area contributed by atoms with E-state index in [1.807, 2.05) is 36.4 Å². The first kappa shape index (κ1) is 13.2. The van der Waals surface area contributed by atoms with Gasteiger partial charge in [0.15, 0.2) is 0 Å². The summed E-state index contributed by atoms with van der Waals surface area (Å²) < 4.78 is 5.76. The second-order valence-electron chi connectivity index (χ2n) is 4.76. The Balaban J connectivity index is 1.61. The minimum absolute atomic E-state index is 0.464. The van der Waals surface area contributed by atoms with E-state index in [-0.39, 0.29) is 0 Å². The van der Waals surface area contributed by atoms with Gasteiger partial charge in [0.2, 0.25) is 11.8 Å². The summed E-state index contributed by atoms with van der Waals surface area (Å²) in [6.45, 7) is 0. The Kier molecular flexibility index (Phi) is 3.28. The third-order valence-corrected chi connectivity index (χ3v) is 3.21. The fraction of sp³-hybridized carbons (Fsp3) is 0. The second-order valence-corrected chi connectivity index (χ2v) is 4.76. The smallest absolute Gasteiger partial charge is 0.221 e. The number of aromatic nitrogens is 6. The van der Waals surface area contributed by atoms with Crippen LogP contribution < -0.4 is 4.74 Å². The molecule has 0 aliphatic heterocycles. The normalized spacial score (nSPS) is 10.6. The van der Waals surface area contributed by atoms with Crippen molar-refractivity contribution in [2.45, 2.75) is 0 Å². The summed E-state index contributed by atoms with van der Waals surface area (Å²) in [5.74, 6) is 0.928. The Morgan fingerprint density at radius 1 is 0.652 bits per heavy atom. The highest BCUT2D eigenvalue weighted by Crippen LogP contribution is 2.23. The highest BCUT2D eigenvalue weighted by Gasteiger charge is 2.06. The molecule has 4 aromatic rings. The van der Waals surface area contributed by atoms with Gasteiger partial charge in [0.25, 0.3) is 0 Å². The molecule has 0 saturated carbocycles. The number of nitrogens with zero attached hydrogens (tertiary/aromatic N) is 4. The largest absolute Gasteiger partial charge is 0.421 e. The number of hydrogen-bond acceptors (Lipinski definition) is 5. The van der Waals surface area contributed by atoms with Gasteiger partial charge in [-0.15, -0.1) is 0 Å². The molecular formula is C16H12N6O. The lowest BCUT2D eigenvalue weighted by molar-refractivity contribution is 0.446. The zero-order valence-corrected chi connectivity index (χ0v) is 12.0. The molecule has 0 saturated heterocycles. The summed E-state index contributed by atoms with van der Waals surface area (Å²) in [7, 11) is 0. The van der Waals surface area contributed by atoms with Crippen molar-refractivity contribution in [1.29, 1.82) is 0 Å². The lowest BCUT2D eigenvalue weighted by atomic mass is 10.3. The maximum Gasteiger partial charge on any atom is 0.221 e. The van der Waals surface area contributed by atoms with Gasteiger partial charge in [0.05, 0.1) is 22.8 Å². The third-order valence-electron chi connectivity index (χ3n) is 3.21. The molecular weight excluding hydrogens is 292 g/mol. The minimum Gasteiger partial charge on any atom is -0.421 e. The molecule has 0 bridgehead atoms. The Morgan fingerprint density at radius 2 is 1.17 bits per heavy atom. The SMILES string of the molecule is c1cc(Oc2cccc(-c3ccn[nH]3)n2)nc(-c2ccn[nH]2)c1. The third kappa shape index (κ3) is 2.80. The van der Waals surface area contributed by atoms with E-state index in [1.165, 1.54) is 0 Å². The lowest BCUT2D eigenvalue weighted by Gasteiger charge is -2.06. The summed E-state index contributed by atoms with van der Waals surface area (Å²) in [6.07, 6.45) is 3.36. The van der Waals surface area contributed by atoms with Gasteiger partial charge in [-0.05, 0) is 24.3 Å². The molecule has 0 aliphatic rings.